The smallest absolute Gasteiger partial charge is 0.320 e. The Kier molecular flexibility index (Phi) is 3.72. The molecule has 158 valence electrons. The first-order valence-electron chi connectivity index (χ1n) is 9.76. The maximum Gasteiger partial charge on any atom is 0.320 e. The van der Waals surface area contributed by atoms with Gasteiger partial charge in [0.2, 0.25) is 0 Å². The summed E-state index contributed by atoms with van der Waals surface area (Å²) >= 11 is 0. The van der Waals surface area contributed by atoms with Crippen LogP contribution < -0.4 is 5.32 Å². The Morgan fingerprint density at radius 3 is 1.81 bits per heavy atom. The predicted octanol–water partition coefficient (Wildman–Crippen LogP) is 0.336. The molecule has 2 saturated heterocycles. The molecule has 1 aromatic rings. The van der Waals surface area contributed by atoms with Crippen LogP contribution in [0.1, 0.15) is 24.2 Å². The van der Waals surface area contributed by atoms with Crippen molar-refractivity contribution in [3.05, 3.63) is 47.5 Å². The molecule has 4 unspecified atom stereocenters. The fourth-order valence-corrected chi connectivity index (χ4v) is 5.95. The molecule has 0 radical (unpaired) electrons. The van der Waals surface area contributed by atoms with Crippen LogP contribution in [0.5, 0.6) is 0 Å². The lowest BCUT2D eigenvalue weighted by Crippen LogP contribution is -2.73. The lowest BCUT2D eigenvalue weighted by atomic mass is 9.41. The molecule has 9 heteroatoms. The number of Topliss-reactive ketones (excluding diaryl/α,β-unsaturated/α-hetero) is 1. The van der Waals surface area contributed by atoms with Crippen molar-refractivity contribution in [2.24, 2.45) is 29.1 Å². The number of hydrogen-bond donors (Lipinski definition) is 1. The molecule has 0 spiro atoms. The van der Waals surface area contributed by atoms with E-state index in [1.165, 1.54) is 32.1 Å². The Bertz CT molecular complexity index is 1090. The molecule has 1 N–H and O–H groups in total. The third-order valence-electron chi connectivity index (χ3n) is 7.11. The molecule has 2 heterocycles. The Morgan fingerprint density at radius 1 is 0.839 bits per heavy atom. The molecule has 3 aliphatic carbocycles. The number of ether oxygens (including phenoxy) is 2. The fourth-order valence-electron chi connectivity index (χ4n) is 5.95. The predicted molar refractivity (Wildman–Crippen MR) is 99.7 cm³/mol. The minimum absolute atomic E-state index is 0.0849. The molecule has 31 heavy (non-hydrogen) atoms. The van der Waals surface area contributed by atoms with Crippen LogP contribution in [-0.4, -0.2) is 41.1 Å². The van der Waals surface area contributed by atoms with Gasteiger partial charge in [0.15, 0.2) is 5.78 Å². The molecule has 5 aliphatic rings. The fraction of sp³-hybridized carbons (Fsp3) is 0.364. The zero-order valence-electron chi connectivity index (χ0n) is 16.5. The van der Waals surface area contributed by atoms with Gasteiger partial charge in [0.05, 0.1) is 29.2 Å². The number of cyclic esters (lactones) is 4. The third-order valence-corrected chi connectivity index (χ3v) is 7.11. The van der Waals surface area contributed by atoms with E-state index in [1.54, 1.807) is 18.2 Å². The van der Waals surface area contributed by atoms with Gasteiger partial charge in [-0.3, -0.25) is 28.8 Å². The van der Waals surface area contributed by atoms with Gasteiger partial charge in [0.25, 0.3) is 5.91 Å². The highest BCUT2D eigenvalue weighted by atomic mass is 16.6. The van der Waals surface area contributed by atoms with E-state index in [2.05, 4.69) is 5.32 Å². The summed E-state index contributed by atoms with van der Waals surface area (Å²) < 4.78 is 9.79. The van der Waals surface area contributed by atoms with Crippen molar-refractivity contribution in [3.63, 3.8) is 0 Å². The summed E-state index contributed by atoms with van der Waals surface area (Å²) in [4.78, 5) is 76.7. The lowest BCUT2D eigenvalue weighted by Gasteiger charge is -2.58. The van der Waals surface area contributed by atoms with Gasteiger partial charge in [-0.1, -0.05) is 31.2 Å². The van der Waals surface area contributed by atoms with Gasteiger partial charge in [-0.25, -0.2) is 0 Å². The van der Waals surface area contributed by atoms with Gasteiger partial charge in [-0.05, 0) is 19.1 Å². The van der Waals surface area contributed by atoms with E-state index in [9.17, 15) is 28.8 Å². The van der Waals surface area contributed by atoms with Crippen molar-refractivity contribution in [3.8, 4) is 0 Å². The maximum absolute atomic E-state index is 13.1. The van der Waals surface area contributed by atoms with Gasteiger partial charge in [0.1, 0.15) is 0 Å². The van der Waals surface area contributed by atoms with Crippen LogP contribution in [0.15, 0.2) is 42.0 Å². The van der Waals surface area contributed by atoms with Crippen molar-refractivity contribution < 1.29 is 38.2 Å². The number of allylic oxidation sites excluding steroid dienone is 1. The number of benzene rings is 1. The third kappa shape index (κ3) is 2.20. The first kappa shape index (κ1) is 19.3. The van der Waals surface area contributed by atoms with Gasteiger partial charge in [-0.15, -0.1) is 0 Å². The highest BCUT2D eigenvalue weighted by Gasteiger charge is 2.80. The van der Waals surface area contributed by atoms with Crippen molar-refractivity contribution in [1.82, 2.24) is 5.32 Å². The number of esters is 4. The zero-order chi connectivity index (χ0) is 22.3. The van der Waals surface area contributed by atoms with Crippen LogP contribution in [0.3, 0.4) is 0 Å². The molecule has 1 amide bonds. The van der Waals surface area contributed by atoms with E-state index in [0.29, 0.717) is 0 Å². The highest BCUT2D eigenvalue weighted by Crippen LogP contribution is 2.67. The number of carbonyl (C=O) groups excluding carboxylic acids is 6. The van der Waals surface area contributed by atoms with Crippen molar-refractivity contribution in [2.75, 3.05) is 0 Å². The average molecular weight is 423 g/mol. The number of ketones is 1. The van der Waals surface area contributed by atoms with Crippen molar-refractivity contribution >= 4 is 35.6 Å². The quantitative estimate of drug-likeness (QED) is 0.543. The Morgan fingerprint density at radius 2 is 1.32 bits per heavy atom. The van der Waals surface area contributed by atoms with Crippen LogP contribution in [0.4, 0.5) is 0 Å². The van der Waals surface area contributed by atoms with E-state index >= 15 is 0 Å². The molecule has 2 bridgehead atoms. The normalized spacial score (nSPS) is 37.5. The second-order valence-corrected chi connectivity index (χ2v) is 8.54. The number of carbonyl (C=O) groups is 6. The summed E-state index contributed by atoms with van der Waals surface area (Å²) in [5.41, 5.74) is -2.99. The van der Waals surface area contributed by atoms with E-state index in [1.807, 2.05) is 0 Å². The number of amides is 1. The molecule has 1 aromatic carbocycles. The van der Waals surface area contributed by atoms with Crippen LogP contribution in [0.25, 0.3) is 0 Å². The van der Waals surface area contributed by atoms with E-state index in [-0.39, 0.29) is 11.1 Å². The number of nitrogens with one attached hydrogen (secondary N) is 1. The van der Waals surface area contributed by atoms with E-state index in [0.717, 1.165) is 0 Å². The monoisotopic (exact) mass is 423 g/mol. The van der Waals surface area contributed by atoms with Crippen LogP contribution in [0, 0.1) is 29.1 Å². The molecule has 9 nitrogen and oxygen atoms in total. The summed E-state index contributed by atoms with van der Waals surface area (Å²) in [5, 5.41) is 2.71. The molecular formula is C22H17NO8. The lowest BCUT2D eigenvalue weighted by molar-refractivity contribution is -0.155. The van der Waals surface area contributed by atoms with Gasteiger partial charge < -0.3 is 14.8 Å². The summed E-state index contributed by atoms with van der Waals surface area (Å²) in [6, 6.07) is 8.04. The molecule has 4 atom stereocenters. The second kappa shape index (κ2) is 5.96. The average Bonchev–Trinajstić information content (AvgIpc) is 3.21. The van der Waals surface area contributed by atoms with Crippen LogP contribution in [-0.2, 0) is 33.4 Å². The molecule has 3 fully saturated rings. The summed E-state index contributed by atoms with van der Waals surface area (Å²) in [5.74, 6) is -9.71. The molecule has 1 saturated carbocycles. The van der Waals surface area contributed by atoms with Gasteiger partial charge in [0, 0.05) is 16.6 Å². The van der Waals surface area contributed by atoms with Crippen molar-refractivity contribution in [2.45, 2.75) is 19.4 Å². The second-order valence-electron chi connectivity index (χ2n) is 8.54. The van der Waals surface area contributed by atoms with E-state index < -0.39 is 70.2 Å². The SMILES string of the molecule is CC(=O)C1=CC2(NC(=O)c3ccccc3)C3C(=O)OC(=O)C3C1(C)C1C(=O)OC(=O)C12. The maximum atomic E-state index is 13.1. The Balaban J connectivity index is 1.78. The first-order valence-corrected chi connectivity index (χ1v) is 9.76. The zero-order valence-corrected chi connectivity index (χ0v) is 16.5. The Hall–Kier alpha value is -3.62. The summed E-state index contributed by atoms with van der Waals surface area (Å²) in [7, 11) is 0. The van der Waals surface area contributed by atoms with Crippen LogP contribution in [0.2, 0.25) is 0 Å². The van der Waals surface area contributed by atoms with Crippen molar-refractivity contribution in [1.29, 1.82) is 0 Å². The van der Waals surface area contributed by atoms with E-state index in [4.69, 9.17) is 9.47 Å². The largest absolute Gasteiger partial charge is 0.393 e. The molecule has 6 rings (SSSR count). The minimum atomic E-state index is -1.83. The minimum Gasteiger partial charge on any atom is -0.393 e. The molecule has 2 aliphatic heterocycles. The molecular weight excluding hydrogens is 406 g/mol. The summed E-state index contributed by atoms with van der Waals surface area (Å²) in [6.45, 7) is 2.76. The van der Waals surface area contributed by atoms with Gasteiger partial charge >= 0.3 is 23.9 Å². The number of rotatable bonds is 3. The number of hydrogen-bond acceptors (Lipinski definition) is 8. The topological polar surface area (TPSA) is 133 Å². The molecule has 0 aromatic heterocycles. The Labute approximate surface area is 175 Å². The summed E-state index contributed by atoms with van der Waals surface area (Å²) in [6.07, 6.45) is 1.36. The standard InChI is InChI=1S/C22H17NO8/c1-9(24)11-8-22(23-16(25)10-6-4-3-5-7-10)14-12(17(26)30-19(14)28)21(11,2)13-15(22)20(29)31-18(13)27/h3-8,12-15H,1-2H3,(H,23,25). The highest BCUT2D eigenvalue weighted by molar-refractivity contribution is 6.10. The van der Waals surface area contributed by atoms with Crippen LogP contribution >= 0.6 is 0 Å². The first-order chi connectivity index (χ1) is 14.6. The van der Waals surface area contributed by atoms with Gasteiger partial charge in [-0.2, -0.15) is 0 Å².